The van der Waals surface area contributed by atoms with Crippen molar-refractivity contribution in [2.45, 2.75) is 32.2 Å². The molecule has 1 aliphatic rings. The van der Waals surface area contributed by atoms with Gasteiger partial charge in [0.25, 0.3) is 0 Å². The minimum absolute atomic E-state index is 0.0271. The van der Waals surface area contributed by atoms with Gasteiger partial charge in [-0.3, -0.25) is 10.1 Å². The van der Waals surface area contributed by atoms with E-state index in [-0.39, 0.29) is 16.4 Å². The fourth-order valence-corrected chi connectivity index (χ4v) is 3.09. The Bertz CT molecular complexity index is 564. The van der Waals surface area contributed by atoms with Gasteiger partial charge in [0.1, 0.15) is 16.8 Å². The molecule has 2 atom stereocenters. The highest BCUT2D eigenvalue weighted by Gasteiger charge is 2.36. The lowest BCUT2D eigenvalue weighted by Gasteiger charge is -2.38. The summed E-state index contributed by atoms with van der Waals surface area (Å²) >= 11 is 5.91. The Morgan fingerprint density at radius 3 is 2.86 bits per heavy atom. The predicted molar refractivity (Wildman–Crippen MR) is 79.9 cm³/mol. The quantitative estimate of drug-likeness (QED) is 0.681. The number of piperidine rings is 1. The van der Waals surface area contributed by atoms with E-state index in [4.69, 9.17) is 11.6 Å². The molecule has 1 aromatic rings. The summed E-state index contributed by atoms with van der Waals surface area (Å²) in [5.41, 5.74) is 0.0646. The van der Waals surface area contributed by atoms with Crippen molar-refractivity contribution in [2.24, 2.45) is 5.92 Å². The number of nitrogens with zero attached hydrogens (tertiary/aromatic N) is 2. The molecule has 6 nitrogen and oxygen atoms in total. The molecule has 0 aliphatic carbocycles. The molecular weight excluding hydrogens is 296 g/mol. The first kappa shape index (κ1) is 15.6. The van der Waals surface area contributed by atoms with Crippen LogP contribution in [0.5, 0.6) is 0 Å². The molecule has 1 aliphatic heterocycles. The standard InChI is InChI=1S/C14H17ClN2O4/c1-2-9-6-7-16(12(8-9)14(18)19)11-5-3-4-10(15)13(11)17(20)21/h3-5,9,12H,2,6-8H2,1H3,(H,18,19). The minimum Gasteiger partial charge on any atom is -0.480 e. The monoisotopic (exact) mass is 312 g/mol. The van der Waals surface area contributed by atoms with Gasteiger partial charge in [-0.25, -0.2) is 4.79 Å². The number of para-hydroxylation sites is 1. The van der Waals surface area contributed by atoms with Crippen molar-refractivity contribution >= 4 is 28.9 Å². The number of hydrogen-bond donors (Lipinski definition) is 1. The number of carboxylic acid groups (broad SMARTS) is 1. The van der Waals surface area contributed by atoms with Crippen molar-refractivity contribution in [3.05, 3.63) is 33.3 Å². The zero-order chi connectivity index (χ0) is 15.6. The SMILES string of the molecule is CCC1CCN(c2cccc(Cl)c2[N+](=O)[O-])C(C(=O)O)C1. The van der Waals surface area contributed by atoms with Crippen molar-refractivity contribution in [1.29, 1.82) is 0 Å². The molecule has 0 spiro atoms. The molecule has 21 heavy (non-hydrogen) atoms. The first-order valence-electron chi connectivity index (χ1n) is 6.88. The average molecular weight is 313 g/mol. The van der Waals surface area contributed by atoms with Gasteiger partial charge in [-0.05, 0) is 30.9 Å². The van der Waals surface area contributed by atoms with Gasteiger partial charge in [0.2, 0.25) is 0 Å². The zero-order valence-corrected chi connectivity index (χ0v) is 12.4. The first-order valence-corrected chi connectivity index (χ1v) is 7.25. The number of nitro benzene ring substituents is 1. The molecular formula is C14H17ClN2O4. The minimum atomic E-state index is -0.956. The van der Waals surface area contributed by atoms with Gasteiger partial charge >= 0.3 is 11.7 Å². The van der Waals surface area contributed by atoms with Crippen LogP contribution in [0.1, 0.15) is 26.2 Å². The third-order valence-corrected chi connectivity index (χ3v) is 4.34. The average Bonchev–Trinajstić information content (AvgIpc) is 2.45. The number of rotatable bonds is 4. The number of anilines is 1. The number of aliphatic carboxylic acids is 1. The van der Waals surface area contributed by atoms with Crippen LogP contribution in [0.3, 0.4) is 0 Å². The number of hydrogen-bond acceptors (Lipinski definition) is 4. The van der Waals surface area contributed by atoms with Crippen LogP contribution in [-0.2, 0) is 4.79 Å². The van der Waals surface area contributed by atoms with Gasteiger partial charge < -0.3 is 10.0 Å². The van der Waals surface area contributed by atoms with E-state index >= 15 is 0 Å². The van der Waals surface area contributed by atoms with Crippen LogP contribution in [0, 0.1) is 16.0 Å². The largest absolute Gasteiger partial charge is 0.480 e. The van der Waals surface area contributed by atoms with Gasteiger partial charge in [-0.15, -0.1) is 0 Å². The third-order valence-electron chi connectivity index (χ3n) is 4.03. The summed E-state index contributed by atoms with van der Waals surface area (Å²) in [7, 11) is 0. The Labute approximate surface area is 127 Å². The van der Waals surface area contributed by atoms with Gasteiger partial charge in [0.05, 0.1) is 4.92 Å². The van der Waals surface area contributed by atoms with Gasteiger partial charge in [0.15, 0.2) is 0 Å². The molecule has 2 unspecified atom stereocenters. The van der Waals surface area contributed by atoms with E-state index in [2.05, 4.69) is 0 Å². The summed E-state index contributed by atoms with van der Waals surface area (Å²) in [6.07, 6.45) is 2.23. The topological polar surface area (TPSA) is 83.7 Å². The fraction of sp³-hybridized carbons (Fsp3) is 0.500. The predicted octanol–water partition coefficient (Wildman–Crippen LogP) is 3.33. The lowest BCUT2D eigenvalue weighted by Crippen LogP contribution is -2.47. The van der Waals surface area contributed by atoms with Gasteiger partial charge in [-0.2, -0.15) is 0 Å². The van der Waals surface area contributed by atoms with Crippen LogP contribution in [0.2, 0.25) is 5.02 Å². The Morgan fingerprint density at radius 1 is 1.57 bits per heavy atom. The van der Waals surface area contributed by atoms with Gasteiger partial charge in [0, 0.05) is 6.54 Å². The van der Waals surface area contributed by atoms with E-state index < -0.39 is 16.9 Å². The molecule has 0 saturated carbocycles. The van der Waals surface area contributed by atoms with E-state index in [1.807, 2.05) is 6.92 Å². The van der Waals surface area contributed by atoms with Crippen LogP contribution in [-0.4, -0.2) is 28.6 Å². The second kappa shape index (κ2) is 6.30. The molecule has 1 aromatic carbocycles. The molecule has 2 rings (SSSR count). The summed E-state index contributed by atoms with van der Waals surface area (Å²) in [6.45, 7) is 2.51. The van der Waals surface area contributed by atoms with Crippen molar-refractivity contribution < 1.29 is 14.8 Å². The molecule has 1 saturated heterocycles. The normalized spacial score (nSPS) is 22.1. The zero-order valence-electron chi connectivity index (χ0n) is 11.7. The van der Waals surface area contributed by atoms with E-state index in [9.17, 15) is 20.0 Å². The highest BCUT2D eigenvalue weighted by atomic mass is 35.5. The smallest absolute Gasteiger partial charge is 0.326 e. The van der Waals surface area contributed by atoms with Crippen LogP contribution >= 0.6 is 11.6 Å². The van der Waals surface area contributed by atoms with Crippen LogP contribution in [0.15, 0.2) is 18.2 Å². The lowest BCUT2D eigenvalue weighted by molar-refractivity contribution is -0.384. The maximum atomic E-state index is 11.5. The van der Waals surface area contributed by atoms with E-state index in [0.717, 1.165) is 12.8 Å². The number of halogens is 1. The van der Waals surface area contributed by atoms with Crippen LogP contribution in [0.25, 0.3) is 0 Å². The molecule has 0 amide bonds. The molecule has 0 bridgehead atoms. The Balaban J connectivity index is 2.42. The lowest BCUT2D eigenvalue weighted by atomic mass is 9.88. The third kappa shape index (κ3) is 3.10. The molecule has 0 aromatic heterocycles. The van der Waals surface area contributed by atoms with E-state index in [1.54, 1.807) is 17.0 Å². The Hall–Kier alpha value is -1.82. The fourth-order valence-electron chi connectivity index (χ4n) is 2.85. The van der Waals surface area contributed by atoms with E-state index in [0.29, 0.717) is 18.9 Å². The maximum Gasteiger partial charge on any atom is 0.326 e. The Morgan fingerprint density at radius 2 is 2.29 bits per heavy atom. The number of benzene rings is 1. The van der Waals surface area contributed by atoms with Crippen LogP contribution < -0.4 is 4.90 Å². The Kier molecular flexibility index (Phi) is 4.67. The summed E-state index contributed by atoms with van der Waals surface area (Å²) in [5.74, 6) is -0.622. The van der Waals surface area contributed by atoms with E-state index in [1.165, 1.54) is 6.07 Å². The molecule has 114 valence electrons. The van der Waals surface area contributed by atoms with Crippen molar-refractivity contribution in [1.82, 2.24) is 0 Å². The first-order chi connectivity index (χ1) is 9.95. The van der Waals surface area contributed by atoms with Crippen molar-refractivity contribution in [3.63, 3.8) is 0 Å². The summed E-state index contributed by atoms with van der Waals surface area (Å²) in [4.78, 5) is 23.8. The molecule has 0 radical (unpaired) electrons. The summed E-state index contributed by atoms with van der Waals surface area (Å²) < 4.78 is 0. The molecule has 1 fully saturated rings. The van der Waals surface area contributed by atoms with Crippen LogP contribution in [0.4, 0.5) is 11.4 Å². The van der Waals surface area contributed by atoms with Crippen molar-refractivity contribution in [3.8, 4) is 0 Å². The highest BCUT2D eigenvalue weighted by Crippen LogP contribution is 2.39. The maximum absolute atomic E-state index is 11.5. The summed E-state index contributed by atoms with van der Waals surface area (Å²) in [6, 6.07) is 3.86. The van der Waals surface area contributed by atoms with Crippen molar-refractivity contribution in [2.75, 3.05) is 11.4 Å². The summed E-state index contributed by atoms with van der Waals surface area (Å²) in [5, 5.41) is 20.7. The second-order valence-electron chi connectivity index (χ2n) is 5.21. The molecule has 1 N–H and O–H groups in total. The number of nitro groups is 1. The highest BCUT2D eigenvalue weighted by molar-refractivity contribution is 6.33. The molecule has 7 heteroatoms. The number of carbonyl (C=O) groups is 1. The van der Waals surface area contributed by atoms with Gasteiger partial charge in [-0.1, -0.05) is 31.0 Å². The second-order valence-corrected chi connectivity index (χ2v) is 5.62. The molecule has 1 heterocycles. The number of carboxylic acids is 1.